The lowest BCUT2D eigenvalue weighted by Crippen LogP contribution is -2.24. The van der Waals surface area contributed by atoms with Crippen LogP contribution >= 0.6 is 34.5 Å². The molecule has 0 aliphatic carbocycles. The zero-order valence-corrected chi connectivity index (χ0v) is 17.2. The van der Waals surface area contributed by atoms with Gasteiger partial charge in [0, 0.05) is 5.02 Å². The van der Waals surface area contributed by atoms with Crippen molar-refractivity contribution >= 4 is 56.6 Å². The van der Waals surface area contributed by atoms with E-state index in [9.17, 15) is 9.59 Å². The lowest BCUT2D eigenvalue weighted by Gasteiger charge is -2.06. The Morgan fingerprint density at radius 1 is 1.18 bits per heavy atom. The Balaban J connectivity index is 1.96. The normalized spacial score (nSPS) is 11.6. The predicted molar refractivity (Wildman–Crippen MR) is 109 cm³/mol. The number of para-hydroxylation sites is 1. The van der Waals surface area contributed by atoms with E-state index >= 15 is 0 Å². The first kappa shape index (κ1) is 20.4. The molecule has 6 nitrogen and oxygen atoms in total. The lowest BCUT2D eigenvalue weighted by atomic mass is 10.3. The van der Waals surface area contributed by atoms with Crippen molar-refractivity contribution in [2.45, 2.75) is 13.5 Å². The molecular weight excluding hydrogens is 423 g/mol. The van der Waals surface area contributed by atoms with Crippen LogP contribution in [-0.4, -0.2) is 29.7 Å². The van der Waals surface area contributed by atoms with Gasteiger partial charge >= 0.3 is 5.97 Å². The second kappa shape index (κ2) is 9.23. The number of nitrogens with zero attached hydrogens (tertiary/aromatic N) is 2. The summed E-state index contributed by atoms with van der Waals surface area (Å²) < 4.78 is 12.7. The molecular formula is C19H16Cl2N2O4S. The second-order valence-corrected chi connectivity index (χ2v) is 7.47. The van der Waals surface area contributed by atoms with Gasteiger partial charge in [-0.3, -0.25) is 9.59 Å². The molecule has 1 heterocycles. The number of fused-ring (bicyclic) bond motifs is 1. The minimum absolute atomic E-state index is 0.124. The van der Waals surface area contributed by atoms with E-state index in [4.69, 9.17) is 32.7 Å². The number of carbonyl (C=O) groups is 2. The second-order valence-electron chi connectivity index (χ2n) is 5.62. The van der Waals surface area contributed by atoms with Crippen LogP contribution in [0.25, 0.3) is 10.2 Å². The van der Waals surface area contributed by atoms with Crippen LogP contribution in [0.4, 0.5) is 0 Å². The predicted octanol–water partition coefficient (Wildman–Crippen LogP) is 4.08. The number of ether oxygens (including phenoxy) is 2. The summed E-state index contributed by atoms with van der Waals surface area (Å²) in [7, 11) is 0. The molecule has 0 unspecified atom stereocenters. The van der Waals surface area contributed by atoms with E-state index in [1.54, 1.807) is 35.8 Å². The van der Waals surface area contributed by atoms with Crippen molar-refractivity contribution in [2.75, 3.05) is 13.2 Å². The van der Waals surface area contributed by atoms with Crippen molar-refractivity contribution in [1.82, 2.24) is 4.57 Å². The van der Waals surface area contributed by atoms with Crippen LogP contribution in [-0.2, 0) is 20.9 Å². The topological polar surface area (TPSA) is 69.9 Å². The van der Waals surface area contributed by atoms with E-state index < -0.39 is 11.9 Å². The maximum atomic E-state index is 12.3. The van der Waals surface area contributed by atoms with Crippen LogP contribution in [0.2, 0.25) is 10.0 Å². The third-order valence-corrected chi connectivity index (χ3v) is 5.15. The minimum Gasteiger partial charge on any atom is -0.484 e. The van der Waals surface area contributed by atoms with Crippen LogP contribution in [0.3, 0.4) is 0 Å². The number of carbonyl (C=O) groups excluding carboxylic acids is 2. The summed E-state index contributed by atoms with van der Waals surface area (Å²) in [4.78, 5) is 28.7. The highest BCUT2D eigenvalue weighted by Gasteiger charge is 2.15. The molecule has 1 amide bonds. The van der Waals surface area contributed by atoms with Gasteiger partial charge < -0.3 is 14.0 Å². The summed E-state index contributed by atoms with van der Waals surface area (Å²) >= 11 is 13.6. The Kier molecular flexibility index (Phi) is 6.72. The van der Waals surface area contributed by atoms with Gasteiger partial charge in [0.25, 0.3) is 5.91 Å². The molecule has 1 aromatic heterocycles. The summed E-state index contributed by atoms with van der Waals surface area (Å²) in [6.45, 7) is 1.61. The fraction of sp³-hybridized carbons (Fsp3) is 0.211. The average molecular weight is 439 g/mol. The van der Waals surface area contributed by atoms with Gasteiger partial charge in [0.15, 0.2) is 11.4 Å². The maximum Gasteiger partial charge on any atom is 0.326 e. The molecule has 0 N–H and O–H groups in total. The van der Waals surface area contributed by atoms with Crippen molar-refractivity contribution < 1.29 is 19.1 Å². The maximum absolute atomic E-state index is 12.3. The SMILES string of the molecule is CCOC(=O)Cn1c(=NC(=O)COc2ccccc2)sc2cc(Cl)cc(Cl)c21. The highest BCUT2D eigenvalue weighted by Crippen LogP contribution is 2.29. The molecule has 0 aliphatic rings. The van der Waals surface area contributed by atoms with Crippen molar-refractivity contribution in [3.05, 3.63) is 57.3 Å². The molecule has 2 aromatic carbocycles. The molecule has 28 heavy (non-hydrogen) atoms. The fourth-order valence-electron chi connectivity index (χ4n) is 2.50. The zero-order chi connectivity index (χ0) is 20.1. The van der Waals surface area contributed by atoms with Crippen molar-refractivity contribution in [3.63, 3.8) is 0 Å². The summed E-state index contributed by atoms with van der Waals surface area (Å²) in [6, 6.07) is 12.2. The van der Waals surface area contributed by atoms with Crippen LogP contribution in [0.1, 0.15) is 6.92 Å². The largest absolute Gasteiger partial charge is 0.484 e. The number of benzene rings is 2. The van der Waals surface area contributed by atoms with Crippen molar-refractivity contribution in [2.24, 2.45) is 4.99 Å². The van der Waals surface area contributed by atoms with Gasteiger partial charge in [-0.15, -0.1) is 0 Å². The van der Waals surface area contributed by atoms with Crippen molar-refractivity contribution in [3.8, 4) is 5.75 Å². The number of thiazole rings is 1. The van der Waals surface area contributed by atoms with Gasteiger partial charge in [-0.05, 0) is 31.2 Å². The third kappa shape index (κ3) is 4.92. The van der Waals surface area contributed by atoms with Crippen LogP contribution in [0.5, 0.6) is 5.75 Å². The van der Waals surface area contributed by atoms with Gasteiger partial charge in [0.2, 0.25) is 0 Å². The molecule has 0 aliphatic heterocycles. The number of rotatable bonds is 6. The monoisotopic (exact) mass is 438 g/mol. The Bertz CT molecular complexity index is 1080. The Morgan fingerprint density at radius 3 is 2.64 bits per heavy atom. The van der Waals surface area contributed by atoms with E-state index in [0.717, 1.165) is 0 Å². The number of hydrogen-bond donors (Lipinski definition) is 0. The third-order valence-electron chi connectivity index (χ3n) is 3.61. The number of esters is 1. The standard InChI is InChI=1S/C19H16Cl2N2O4S/c1-2-26-17(25)10-23-18-14(21)8-12(20)9-15(18)28-19(23)22-16(24)11-27-13-6-4-3-5-7-13/h3-9H,2,10-11H2,1H3. The molecule has 0 saturated heterocycles. The Labute approximate surface area is 174 Å². The molecule has 0 bridgehead atoms. The van der Waals surface area contributed by atoms with E-state index in [1.165, 1.54) is 11.3 Å². The number of aromatic nitrogens is 1. The van der Waals surface area contributed by atoms with Gasteiger partial charge in [-0.1, -0.05) is 52.7 Å². The number of hydrogen-bond acceptors (Lipinski definition) is 5. The summed E-state index contributed by atoms with van der Waals surface area (Å²) in [5.41, 5.74) is 0.569. The first-order valence-electron chi connectivity index (χ1n) is 8.37. The van der Waals surface area contributed by atoms with Gasteiger partial charge in [-0.2, -0.15) is 4.99 Å². The van der Waals surface area contributed by atoms with E-state index in [2.05, 4.69) is 4.99 Å². The minimum atomic E-state index is -0.491. The molecule has 3 rings (SSSR count). The van der Waals surface area contributed by atoms with Crippen LogP contribution < -0.4 is 9.54 Å². The molecule has 0 atom stereocenters. The number of halogens is 2. The quantitative estimate of drug-likeness (QED) is 0.543. The molecule has 0 saturated carbocycles. The van der Waals surface area contributed by atoms with Crippen LogP contribution in [0.15, 0.2) is 47.5 Å². The summed E-state index contributed by atoms with van der Waals surface area (Å²) in [5.74, 6) is -0.380. The lowest BCUT2D eigenvalue weighted by molar-refractivity contribution is -0.143. The summed E-state index contributed by atoms with van der Waals surface area (Å²) in [6.07, 6.45) is 0. The molecule has 3 aromatic rings. The molecule has 0 spiro atoms. The highest BCUT2D eigenvalue weighted by molar-refractivity contribution is 7.16. The van der Waals surface area contributed by atoms with E-state index in [1.807, 2.05) is 18.2 Å². The molecule has 146 valence electrons. The molecule has 9 heteroatoms. The Morgan fingerprint density at radius 2 is 1.93 bits per heavy atom. The highest BCUT2D eigenvalue weighted by atomic mass is 35.5. The number of amides is 1. The van der Waals surface area contributed by atoms with Gasteiger partial charge in [0.1, 0.15) is 12.3 Å². The van der Waals surface area contributed by atoms with Crippen LogP contribution in [0, 0.1) is 0 Å². The smallest absolute Gasteiger partial charge is 0.326 e. The average Bonchev–Trinajstić information content (AvgIpc) is 2.98. The van der Waals surface area contributed by atoms with E-state index in [0.29, 0.717) is 30.8 Å². The molecule has 0 radical (unpaired) electrons. The van der Waals surface area contributed by atoms with Gasteiger partial charge in [0.05, 0.1) is 21.8 Å². The van der Waals surface area contributed by atoms with E-state index in [-0.39, 0.29) is 19.8 Å². The Hall–Kier alpha value is -2.35. The molecule has 0 fully saturated rings. The first-order chi connectivity index (χ1) is 13.5. The zero-order valence-electron chi connectivity index (χ0n) is 14.9. The fourth-order valence-corrected chi connectivity index (χ4v) is 4.33. The first-order valence-corrected chi connectivity index (χ1v) is 9.94. The van der Waals surface area contributed by atoms with Gasteiger partial charge in [-0.25, -0.2) is 0 Å². The summed E-state index contributed by atoms with van der Waals surface area (Å²) in [5, 5.41) is 0.810. The van der Waals surface area contributed by atoms with Crippen molar-refractivity contribution in [1.29, 1.82) is 0 Å².